The Bertz CT molecular complexity index is 276. The Hall–Kier alpha value is -0.630. The highest BCUT2D eigenvalue weighted by atomic mass is 15.3. The van der Waals surface area contributed by atoms with Crippen LogP contribution in [0.3, 0.4) is 0 Å². The van der Waals surface area contributed by atoms with Crippen LogP contribution in [0, 0.1) is 11.3 Å². The molecule has 4 nitrogen and oxygen atoms in total. The van der Waals surface area contributed by atoms with Gasteiger partial charge < -0.3 is 4.90 Å². The molecule has 0 radical (unpaired) electrons. The number of nitrogens with one attached hydrogen (secondary N) is 1. The fraction of sp³-hybridized carbons (Fsp3) is 0.929. The molecule has 1 fully saturated rings. The number of rotatable bonds is 6. The normalized spacial score (nSPS) is 21.8. The van der Waals surface area contributed by atoms with Crippen molar-refractivity contribution in [1.82, 2.24) is 15.1 Å². The minimum atomic E-state index is -0.371. The molecule has 1 N–H and O–H groups in total. The van der Waals surface area contributed by atoms with E-state index in [-0.39, 0.29) is 5.54 Å². The van der Waals surface area contributed by atoms with Gasteiger partial charge in [-0.2, -0.15) is 5.26 Å². The summed E-state index contributed by atoms with van der Waals surface area (Å²) in [5.74, 6) is 0. The van der Waals surface area contributed by atoms with Crippen molar-refractivity contribution in [3.05, 3.63) is 0 Å². The van der Waals surface area contributed by atoms with Crippen molar-refractivity contribution in [3.63, 3.8) is 0 Å². The Labute approximate surface area is 112 Å². The maximum absolute atomic E-state index is 9.22. The summed E-state index contributed by atoms with van der Waals surface area (Å²) in [6.45, 7) is 15.0. The molecule has 1 aliphatic heterocycles. The Morgan fingerprint density at radius 3 is 2.33 bits per heavy atom. The number of nitriles is 1. The summed E-state index contributed by atoms with van der Waals surface area (Å²) in [6, 6.07) is 3.05. The predicted molar refractivity (Wildman–Crippen MR) is 75.5 cm³/mol. The van der Waals surface area contributed by atoms with Gasteiger partial charge in [-0.1, -0.05) is 6.92 Å². The first-order valence-electron chi connectivity index (χ1n) is 7.13. The molecule has 0 aromatic heterocycles. The van der Waals surface area contributed by atoms with Gasteiger partial charge in [-0.15, -0.1) is 0 Å². The molecule has 0 saturated carbocycles. The van der Waals surface area contributed by atoms with Gasteiger partial charge in [-0.25, -0.2) is 0 Å². The highest BCUT2D eigenvalue weighted by molar-refractivity contribution is 5.03. The van der Waals surface area contributed by atoms with Gasteiger partial charge in [0.15, 0.2) is 0 Å². The van der Waals surface area contributed by atoms with Crippen LogP contribution in [-0.4, -0.2) is 60.6 Å². The second-order valence-electron chi connectivity index (χ2n) is 5.70. The predicted octanol–water partition coefficient (Wildman–Crippen LogP) is 1.29. The lowest BCUT2D eigenvalue weighted by Gasteiger charge is -2.37. The van der Waals surface area contributed by atoms with Crippen LogP contribution in [0.4, 0.5) is 0 Å². The van der Waals surface area contributed by atoms with Crippen LogP contribution in [0.15, 0.2) is 0 Å². The van der Waals surface area contributed by atoms with Crippen LogP contribution in [0.5, 0.6) is 0 Å². The standard InChI is InChI=1S/C14H28N4/c1-5-16-14(4,12-15)6-7-17-8-10-18(11-9-17)13(2)3/h13,16H,5-11H2,1-4H3. The highest BCUT2D eigenvalue weighted by Gasteiger charge is 2.25. The molecule has 1 unspecified atom stereocenters. The van der Waals surface area contributed by atoms with E-state index in [1.165, 1.54) is 0 Å². The van der Waals surface area contributed by atoms with Gasteiger partial charge in [-0.05, 0) is 33.7 Å². The molecule has 0 amide bonds. The Balaban J connectivity index is 2.31. The van der Waals surface area contributed by atoms with Crippen LogP contribution in [0.1, 0.15) is 34.1 Å². The smallest absolute Gasteiger partial charge is 0.105 e. The van der Waals surface area contributed by atoms with Crippen LogP contribution in [0.25, 0.3) is 0 Å². The average molecular weight is 252 g/mol. The van der Waals surface area contributed by atoms with Crippen LogP contribution >= 0.6 is 0 Å². The molecular weight excluding hydrogens is 224 g/mol. The fourth-order valence-electron chi connectivity index (χ4n) is 2.46. The third-order valence-corrected chi connectivity index (χ3v) is 3.88. The zero-order chi connectivity index (χ0) is 13.6. The van der Waals surface area contributed by atoms with Gasteiger partial charge in [0.2, 0.25) is 0 Å². The molecule has 0 aliphatic carbocycles. The summed E-state index contributed by atoms with van der Waals surface area (Å²) in [7, 11) is 0. The largest absolute Gasteiger partial charge is 0.301 e. The van der Waals surface area contributed by atoms with E-state index in [2.05, 4.69) is 42.0 Å². The summed E-state index contributed by atoms with van der Waals surface area (Å²) < 4.78 is 0. The van der Waals surface area contributed by atoms with Gasteiger partial charge in [0.25, 0.3) is 0 Å². The zero-order valence-electron chi connectivity index (χ0n) is 12.4. The summed E-state index contributed by atoms with van der Waals surface area (Å²) in [4.78, 5) is 5.00. The lowest BCUT2D eigenvalue weighted by Crippen LogP contribution is -2.51. The third-order valence-electron chi connectivity index (χ3n) is 3.88. The van der Waals surface area contributed by atoms with Gasteiger partial charge in [0.05, 0.1) is 6.07 Å². The van der Waals surface area contributed by atoms with Gasteiger partial charge >= 0.3 is 0 Å². The SMILES string of the molecule is CCNC(C)(C#N)CCN1CCN(C(C)C)CC1. The minimum Gasteiger partial charge on any atom is -0.301 e. The van der Waals surface area contributed by atoms with Crippen molar-refractivity contribution in [2.45, 2.75) is 45.7 Å². The van der Waals surface area contributed by atoms with Crippen LogP contribution in [0.2, 0.25) is 0 Å². The first-order valence-corrected chi connectivity index (χ1v) is 7.13. The third kappa shape index (κ3) is 4.56. The molecule has 1 saturated heterocycles. The first-order chi connectivity index (χ1) is 8.50. The van der Waals surface area contributed by atoms with E-state index in [4.69, 9.17) is 0 Å². The summed E-state index contributed by atoms with van der Waals surface area (Å²) in [5, 5.41) is 12.5. The maximum atomic E-state index is 9.22. The van der Waals surface area contributed by atoms with E-state index >= 15 is 0 Å². The van der Waals surface area contributed by atoms with Crippen LogP contribution in [-0.2, 0) is 0 Å². The zero-order valence-corrected chi connectivity index (χ0v) is 12.4. The van der Waals surface area contributed by atoms with Gasteiger partial charge in [0, 0.05) is 38.8 Å². The second kappa shape index (κ2) is 7.08. The Kier molecular flexibility index (Phi) is 6.07. The minimum absolute atomic E-state index is 0.371. The van der Waals surface area contributed by atoms with E-state index < -0.39 is 0 Å². The molecule has 1 atom stereocenters. The number of hydrogen-bond donors (Lipinski definition) is 1. The van der Waals surface area contributed by atoms with Crippen molar-refractivity contribution < 1.29 is 0 Å². The molecule has 0 spiro atoms. The van der Waals surface area contributed by atoms with Crippen molar-refractivity contribution >= 4 is 0 Å². The molecule has 0 aromatic carbocycles. The molecule has 0 bridgehead atoms. The number of hydrogen-bond acceptors (Lipinski definition) is 4. The topological polar surface area (TPSA) is 42.3 Å². The lowest BCUT2D eigenvalue weighted by atomic mass is 9.99. The highest BCUT2D eigenvalue weighted by Crippen LogP contribution is 2.12. The fourth-order valence-corrected chi connectivity index (χ4v) is 2.46. The van der Waals surface area contributed by atoms with E-state index in [0.717, 1.165) is 45.7 Å². The van der Waals surface area contributed by atoms with Crippen molar-refractivity contribution in [2.75, 3.05) is 39.3 Å². The van der Waals surface area contributed by atoms with Gasteiger partial charge in [0.1, 0.15) is 5.54 Å². The lowest BCUT2D eigenvalue weighted by molar-refractivity contribution is 0.104. The molecule has 4 heteroatoms. The maximum Gasteiger partial charge on any atom is 0.105 e. The van der Waals surface area contributed by atoms with E-state index in [1.807, 2.05) is 6.92 Å². The van der Waals surface area contributed by atoms with E-state index in [9.17, 15) is 5.26 Å². The Morgan fingerprint density at radius 1 is 1.28 bits per heavy atom. The quantitative estimate of drug-likeness (QED) is 0.773. The molecule has 1 aliphatic rings. The first kappa shape index (κ1) is 15.4. The van der Waals surface area contributed by atoms with E-state index in [1.54, 1.807) is 0 Å². The molecule has 1 rings (SSSR count). The van der Waals surface area contributed by atoms with Gasteiger partial charge in [-0.3, -0.25) is 10.2 Å². The van der Waals surface area contributed by atoms with Crippen molar-refractivity contribution in [1.29, 1.82) is 5.26 Å². The van der Waals surface area contributed by atoms with Crippen molar-refractivity contribution in [2.24, 2.45) is 0 Å². The van der Waals surface area contributed by atoms with Crippen molar-refractivity contribution in [3.8, 4) is 6.07 Å². The number of piperazine rings is 1. The molecular formula is C14H28N4. The number of nitrogens with zero attached hydrogens (tertiary/aromatic N) is 3. The summed E-state index contributed by atoms with van der Waals surface area (Å²) >= 11 is 0. The Morgan fingerprint density at radius 2 is 1.89 bits per heavy atom. The molecule has 0 aromatic rings. The summed E-state index contributed by atoms with van der Waals surface area (Å²) in [5.41, 5.74) is -0.371. The molecule has 1 heterocycles. The van der Waals surface area contributed by atoms with Crippen LogP contribution < -0.4 is 5.32 Å². The molecule has 18 heavy (non-hydrogen) atoms. The second-order valence-corrected chi connectivity index (χ2v) is 5.70. The molecule has 104 valence electrons. The monoisotopic (exact) mass is 252 g/mol. The summed E-state index contributed by atoms with van der Waals surface area (Å²) in [6.07, 6.45) is 0.902. The van der Waals surface area contributed by atoms with E-state index in [0.29, 0.717) is 6.04 Å². The average Bonchev–Trinajstić information content (AvgIpc) is 2.37.